The molecule has 1 amide bonds. The molecule has 1 unspecified atom stereocenters. The van der Waals surface area contributed by atoms with Gasteiger partial charge in [0.25, 0.3) is 0 Å². The lowest BCUT2D eigenvalue weighted by atomic mass is 9.99. The number of hydrogen-bond acceptors (Lipinski definition) is 3. The van der Waals surface area contributed by atoms with Crippen LogP contribution in [-0.4, -0.2) is 43.5 Å². The highest BCUT2D eigenvalue weighted by Crippen LogP contribution is 2.15. The number of methoxy groups -OCH3 is 1. The Bertz CT molecular complexity index is 183. The first-order valence-corrected chi connectivity index (χ1v) is 4.60. The van der Waals surface area contributed by atoms with Crippen LogP contribution < -0.4 is 10.6 Å². The van der Waals surface area contributed by atoms with Crippen molar-refractivity contribution in [3.8, 4) is 0 Å². The largest absolute Gasteiger partial charge is 0.465 e. The minimum absolute atomic E-state index is 0.132. The molecule has 84 valence electrons. The van der Waals surface area contributed by atoms with Crippen LogP contribution >= 0.6 is 0 Å². The van der Waals surface area contributed by atoms with Crippen LogP contribution in [0.4, 0.5) is 4.79 Å². The molecule has 5 nitrogen and oxygen atoms in total. The molecule has 0 heterocycles. The zero-order valence-electron chi connectivity index (χ0n) is 9.26. The van der Waals surface area contributed by atoms with Gasteiger partial charge in [-0.05, 0) is 27.3 Å². The maximum atomic E-state index is 10.5. The van der Waals surface area contributed by atoms with Crippen molar-refractivity contribution in [2.24, 2.45) is 0 Å². The third kappa shape index (κ3) is 5.77. The summed E-state index contributed by atoms with van der Waals surface area (Å²) in [5, 5.41) is 14.0. The van der Waals surface area contributed by atoms with E-state index in [4.69, 9.17) is 9.84 Å². The van der Waals surface area contributed by atoms with Crippen molar-refractivity contribution in [2.45, 2.75) is 31.9 Å². The molecule has 3 N–H and O–H groups in total. The summed E-state index contributed by atoms with van der Waals surface area (Å²) in [5.74, 6) is 0. The van der Waals surface area contributed by atoms with Gasteiger partial charge in [-0.1, -0.05) is 0 Å². The van der Waals surface area contributed by atoms with Crippen LogP contribution in [0.3, 0.4) is 0 Å². The maximum Gasteiger partial charge on any atom is 0.404 e. The van der Waals surface area contributed by atoms with Crippen molar-refractivity contribution in [2.75, 3.05) is 20.7 Å². The van der Waals surface area contributed by atoms with E-state index in [0.717, 1.165) is 0 Å². The molecule has 0 aromatic carbocycles. The number of hydrogen-bond donors (Lipinski definition) is 3. The summed E-state index contributed by atoms with van der Waals surface area (Å²) >= 11 is 0. The van der Waals surface area contributed by atoms with Gasteiger partial charge < -0.3 is 20.5 Å². The van der Waals surface area contributed by atoms with Gasteiger partial charge in [-0.3, -0.25) is 0 Å². The second-order valence-corrected chi connectivity index (χ2v) is 3.87. The average molecular weight is 204 g/mol. The molecule has 0 aliphatic heterocycles. The van der Waals surface area contributed by atoms with Crippen LogP contribution in [0, 0.1) is 0 Å². The lowest BCUT2D eigenvalue weighted by molar-refractivity contribution is 0.00771. The van der Waals surface area contributed by atoms with Gasteiger partial charge in [0.15, 0.2) is 0 Å². The van der Waals surface area contributed by atoms with Crippen LogP contribution in [-0.2, 0) is 4.74 Å². The Morgan fingerprint density at radius 3 is 2.50 bits per heavy atom. The van der Waals surface area contributed by atoms with E-state index in [1.165, 1.54) is 0 Å². The normalized spacial score (nSPS) is 13.7. The number of carboxylic acid groups (broad SMARTS) is 1. The van der Waals surface area contributed by atoms with Crippen LogP contribution in [0.1, 0.15) is 20.3 Å². The number of amides is 1. The summed E-state index contributed by atoms with van der Waals surface area (Å²) in [6.07, 6.45) is -0.367. The average Bonchev–Trinajstić information content (AvgIpc) is 2.03. The van der Waals surface area contributed by atoms with E-state index in [9.17, 15) is 4.79 Å². The topological polar surface area (TPSA) is 70.6 Å². The third-order valence-corrected chi connectivity index (χ3v) is 2.07. The molecule has 0 aromatic heterocycles. The molecule has 1 atom stereocenters. The van der Waals surface area contributed by atoms with Crippen molar-refractivity contribution in [1.29, 1.82) is 0 Å². The number of nitrogens with one attached hydrogen (secondary N) is 2. The highest BCUT2D eigenvalue weighted by atomic mass is 16.5. The van der Waals surface area contributed by atoms with Crippen LogP contribution in [0.2, 0.25) is 0 Å². The van der Waals surface area contributed by atoms with Crippen molar-refractivity contribution in [3.05, 3.63) is 0 Å². The zero-order chi connectivity index (χ0) is 11.2. The summed E-state index contributed by atoms with van der Waals surface area (Å²) in [6.45, 7) is 4.46. The van der Waals surface area contributed by atoms with Crippen LogP contribution in [0.5, 0.6) is 0 Å². The van der Waals surface area contributed by atoms with E-state index in [1.54, 1.807) is 14.2 Å². The molecule has 0 radical (unpaired) electrons. The summed E-state index contributed by atoms with van der Waals surface area (Å²) in [4.78, 5) is 10.5. The fraction of sp³-hybridized carbons (Fsp3) is 0.889. The molecular formula is C9H20N2O3. The fourth-order valence-corrected chi connectivity index (χ4v) is 1.27. The van der Waals surface area contributed by atoms with Gasteiger partial charge in [0.1, 0.15) is 0 Å². The van der Waals surface area contributed by atoms with E-state index in [0.29, 0.717) is 13.0 Å². The lowest BCUT2D eigenvalue weighted by Crippen LogP contribution is -2.45. The Hall–Kier alpha value is -0.810. The van der Waals surface area contributed by atoms with E-state index in [-0.39, 0.29) is 11.6 Å². The smallest absolute Gasteiger partial charge is 0.404 e. The molecule has 0 bridgehead atoms. The molecule has 0 aliphatic rings. The first-order valence-electron chi connectivity index (χ1n) is 4.60. The number of rotatable bonds is 6. The predicted molar refractivity (Wildman–Crippen MR) is 54.6 cm³/mol. The Morgan fingerprint density at radius 2 is 2.14 bits per heavy atom. The Balaban J connectivity index is 4.14. The minimum Gasteiger partial charge on any atom is -0.465 e. The van der Waals surface area contributed by atoms with Gasteiger partial charge in [0.05, 0.1) is 5.60 Å². The van der Waals surface area contributed by atoms with Gasteiger partial charge >= 0.3 is 6.09 Å². The van der Waals surface area contributed by atoms with E-state index in [1.807, 2.05) is 13.8 Å². The first-order chi connectivity index (χ1) is 6.41. The molecule has 0 saturated heterocycles. The number of likely N-dealkylation sites (N-methyl/N-ethyl adjacent to an activating group) is 1. The number of carbonyl (C=O) groups is 1. The molecule has 0 spiro atoms. The van der Waals surface area contributed by atoms with E-state index in [2.05, 4.69) is 10.6 Å². The maximum absolute atomic E-state index is 10.5. The summed E-state index contributed by atoms with van der Waals surface area (Å²) in [5.41, 5.74) is -0.316. The highest BCUT2D eigenvalue weighted by molar-refractivity contribution is 5.64. The second kappa shape index (κ2) is 5.82. The summed E-state index contributed by atoms with van der Waals surface area (Å²) in [6, 6.07) is -0.132. The van der Waals surface area contributed by atoms with Crippen molar-refractivity contribution < 1.29 is 14.6 Å². The minimum atomic E-state index is -1.00. The SMILES string of the molecule is CNCC(CC(C)(C)OC)NC(=O)O. The van der Waals surface area contributed by atoms with Crippen molar-refractivity contribution in [1.82, 2.24) is 10.6 Å². The Morgan fingerprint density at radius 1 is 1.57 bits per heavy atom. The van der Waals surface area contributed by atoms with Gasteiger partial charge in [-0.15, -0.1) is 0 Å². The standard InChI is InChI=1S/C9H20N2O3/c1-9(2,14-4)5-7(6-10-3)11-8(12)13/h7,10-11H,5-6H2,1-4H3,(H,12,13). The molecular weight excluding hydrogens is 184 g/mol. The van der Waals surface area contributed by atoms with Crippen LogP contribution in [0.25, 0.3) is 0 Å². The van der Waals surface area contributed by atoms with Crippen LogP contribution in [0.15, 0.2) is 0 Å². The lowest BCUT2D eigenvalue weighted by Gasteiger charge is -2.28. The molecule has 0 fully saturated rings. The summed E-state index contributed by atoms with van der Waals surface area (Å²) < 4.78 is 5.24. The van der Waals surface area contributed by atoms with Gasteiger partial charge in [-0.25, -0.2) is 4.79 Å². The van der Waals surface area contributed by atoms with E-state index >= 15 is 0 Å². The van der Waals surface area contributed by atoms with Gasteiger partial charge in [0, 0.05) is 19.7 Å². The third-order valence-electron chi connectivity index (χ3n) is 2.07. The molecule has 0 aromatic rings. The predicted octanol–water partition coefficient (Wildman–Crippen LogP) is 0.657. The summed E-state index contributed by atoms with van der Waals surface area (Å²) in [7, 11) is 3.41. The molecule has 14 heavy (non-hydrogen) atoms. The number of ether oxygens (including phenoxy) is 1. The van der Waals surface area contributed by atoms with Crippen molar-refractivity contribution >= 4 is 6.09 Å². The monoisotopic (exact) mass is 204 g/mol. The quantitative estimate of drug-likeness (QED) is 0.594. The van der Waals surface area contributed by atoms with Gasteiger partial charge in [0.2, 0.25) is 0 Å². The molecule has 0 saturated carbocycles. The molecule has 0 rings (SSSR count). The first kappa shape index (κ1) is 13.2. The van der Waals surface area contributed by atoms with Crippen molar-refractivity contribution in [3.63, 3.8) is 0 Å². The van der Waals surface area contributed by atoms with E-state index < -0.39 is 6.09 Å². The Labute approximate surface area is 84.8 Å². The molecule has 0 aliphatic carbocycles. The molecule has 5 heteroatoms. The van der Waals surface area contributed by atoms with Gasteiger partial charge in [-0.2, -0.15) is 0 Å². The zero-order valence-corrected chi connectivity index (χ0v) is 9.26. The Kier molecular flexibility index (Phi) is 5.49. The second-order valence-electron chi connectivity index (χ2n) is 3.87. The highest BCUT2D eigenvalue weighted by Gasteiger charge is 2.23. The fourth-order valence-electron chi connectivity index (χ4n) is 1.27.